The number of carbonyl (C=O) groups is 1. The molecule has 0 saturated heterocycles. The van der Waals surface area contributed by atoms with Crippen LogP contribution in [-0.2, 0) is 11.3 Å². The molecule has 1 amide bonds. The molecule has 0 aliphatic carbocycles. The first kappa shape index (κ1) is 14.2. The van der Waals surface area contributed by atoms with E-state index in [0.29, 0.717) is 5.13 Å². The molecule has 0 aliphatic heterocycles. The van der Waals surface area contributed by atoms with Gasteiger partial charge >= 0.3 is 0 Å². The fourth-order valence-electron chi connectivity index (χ4n) is 2.24. The number of para-hydroxylation sites is 1. The van der Waals surface area contributed by atoms with Gasteiger partial charge in [0.1, 0.15) is 11.6 Å². The van der Waals surface area contributed by atoms with E-state index in [1.807, 2.05) is 42.7 Å². The maximum Gasteiger partial charge on any atom is 0.246 e. The van der Waals surface area contributed by atoms with Crippen LogP contribution >= 0.6 is 27.3 Å². The van der Waals surface area contributed by atoms with Gasteiger partial charge in [-0.15, -0.1) is 10.2 Å². The average molecular weight is 365 g/mol. The number of nitrogens with one attached hydrogen (secondary N) is 1. The van der Waals surface area contributed by atoms with E-state index in [1.54, 1.807) is 0 Å². The Labute approximate surface area is 134 Å². The summed E-state index contributed by atoms with van der Waals surface area (Å²) < 4.78 is 3.01. The normalized spacial score (nSPS) is 11.0. The van der Waals surface area contributed by atoms with E-state index in [9.17, 15) is 4.79 Å². The number of aryl methyl sites for hydroxylation is 1. The first-order chi connectivity index (χ1) is 10.1. The fraction of sp³-hybridized carbons (Fsp3) is 0.214. The highest BCUT2D eigenvalue weighted by atomic mass is 79.9. The van der Waals surface area contributed by atoms with Gasteiger partial charge < -0.3 is 4.57 Å². The minimum absolute atomic E-state index is 0.109. The highest BCUT2D eigenvalue weighted by molar-refractivity contribution is 9.10. The topological polar surface area (TPSA) is 59.8 Å². The van der Waals surface area contributed by atoms with E-state index < -0.39 is 0 Å². The molecular weight excluding hydrogens is 352 g/mol. The van der Waals surface area contributed by atoms with Crippen molar-refractivity contribution >= 4 is 49.2 Å². The quantitative estimate of drug-likeness (QED) is 0.773. The lowest BCUT2D eigenvalue weighted by Crippen LogP contribution is -2.19. The number of anilines is 1. The van der Waals surface area contributed by atoms with E-state index >= 15 is 0 Å². The maximum absolute atomic E-state index is 12.2. The third-order valence-electron chi connectivity index (χ3n) is 3.23. The highest BCUT2D eigenvalue weighted by Gasteiger charge is 2.14. The van der Waals surface area contributed by atoms with Crippen LogP contribution in [0.3, 0.4) is 0 Å². The molecule has 21 heavy (non-hydrogen) atoms. The van der Waals surface area contributed by atoms with Crippen LogP contribution in [0.2, 0.25) is 0 Å². The molecule has 0 unspecified atom stereocenters. The summed E-state index contributed by atoms with van der Waals surface area (Å²) in [6.07, 6.45) is 0. The van der Waals surface area contributed by atoms with Gasteiger partial charge in [-0.1, -0.05) is 29.5 Å². The van der Waals surface area contributed by atoms with Crippen molar-refractivity contribution in [3.63, 3.8) is 0 Å². The van der Waals surface area contributed by atoms with Crippen LogP contribution in [0.25, 0.3) is 10.9 Å². The van der Waals surface area contributed by atoms with E-state index in [-0.39, 0.29) is 12.5 Å². The number of halogens is 1. The van der Waals surface area contributed by atoms with Gasteiger partial charge in [0.25, 0.3) is 0 Å². The molecule has 0 atom stereocenters. The summed E-state index contributed by atoms with van der Waals surface area (Å²) >= 11 is 4.96. The third-order valence-corrected chi connectivity index (χ3v) is 4.98. The molecule has 0 saturated carbocycles. The number of fused-ring (bicyclic) bond motifs is 1. The monoisotopic (exact) mass is 364 g/mol. The van der Waals surface area contributed by atoms with Gasteiger partial charge in [0.05, 0.1) is 0 Å². The molecule has 3 rings (SSSR count). The maximum atomic E-state index is 12.2. The van der Waals surface area contributed by atoms with Crippen LogP contribution in [0, 0.1) is 13.8 Å². The van der Waals surface area contributed by atoms with Crippen molar-refractivity contribution in [3.05, 3.63) is 39.4 Å². The summed E-state index contributed by atoms with van der Waals surface area (Å²) in [5.41, 5.74) is 2.06. The lowest BCUT2D eigenvalue weighted by molar-refractivity contribution is -0.116. The molecule has 2 heterocycles. The SMILES string of the molecule is Cc1nnc(NC(=O)Cn2c(C)c(Br)c3ccccc32)s1. The smallest absolute Gasteiger partial charge is 0.246 e. The van der Waals surface area contributed by atoms with Crippen molar-refractivity contribution in [1.82, 2.24) is 14.8 Å². The molecule has 7 heteroatoms. The van der Waals surface area contributed by atoms with Crippen LogP contribution in [0.4, 0.5) is 5.13 Å². The molecule has 0 spiro atoms. The second-order valence-corrected chi connectivity index (χ2v) is 6.65. The summed E-state index contributed by atoms with van der Waals surface area (Å²) in [6, 6.07) is 8.00. The zero-order chi connectivity index (χ0) is 15.0. The van der Waals surface area contributed by atoms with Gasteiger partial charge in [0.15, 0.2) is 0 Å². The van der Waals surface area contributed by atoms with Crippen molar-refractivity contribution in [2.45, 2.75) is 20.4 Å². The number of hydrogen-bond acceptors (Lipinski definition) is 4. The van der Waals surface area contributed by atoms with Gasteiger partial charge in [0.2, 0.25) is 11.0 Å². The van der Waals surface area contributed by atoms with Crippen molar-refractivity contribution in [1.29, 1.82) is 0 Å². The number of carbonyl (C=O) groups excluding carboxylic acids is 1. The van der Waals surface area contributed by atoms with Crippen molar-refractivity contribution in [2.75, 3.05) is 5.32 Å². The molecule has 2 aromatic heterocycles. The number of rotatable bonds is 3. The molecule has 108 valence electrons. The van der Waals surface area contributed by atoms with Crippen LogP contribution in [0.1, 0.15) is 10.7 Å². The summed E-state index contributed by atoms with van der Waals surface area (Å²) in [5.74, 6) is -0.109. The van der Waals surface area contributed by atoms with Gasteiger partial charge in [-0.05, 0) is 35.8 Å². The summed E-state index contributed by atoms with van der Waals surface area (Å²) in [4.78, 5) is 12.2. The minimum atomic E-state index is -0.109. The lowest BCUT2D eigenvalue weighted by Gasteiger charge is -2.07. The van der Waals surface area contributed by atoms with Crippen molar-refractivity contribution < 1.29 is 4.79 Å². The fourth-order valence-corrected chi connectivity index (χ4v) is 3.40. The number of aromatic nitrogens is 3. The summed E-state index contributed by atoms with van der Waals surface area (Å²) in [5, 5.41) is 13.0. The van der Waals surface area contributed by atoms with E-state index in [2.05, 4.69) is 31.4 Å². The van der Waals surface area contributed by atoms with Gasteiger partial charge in [0, 0.05) is 21.1 Å². The van der Waals surface area contributed by atoms with Crippen molar-refractivity contribution in [3.8, 4) is 0 Å². The molecule has 0 bridgehead atoms. The Morgan fingerprint density at radius 3 is 2.81 bits per heavy atom. The molecule has 1 aromatic carbocycles. The predicted octanol–water partition coefficient (Wildman–Crippen LogP) is 3.51. The van der Waals surface area contributed by atoms with Crippen LogP contribution in [0.15, 0.2) is 28.7 Å². The first-order valence-corrected chi connectivity index (χ1v) is 8.00. The zero-order valence-corrected chi connectivity index (χ0v) is 14.0. The van der Waals surface area contributed by atoms with Gasteiger partial charge in [-0.25, -0.2) is 0 Å². The molecule has 1 N–H and O–H groups in total. The van der Waals surface area contributed by atoms with Crippen molar-refractivity contribution in [2.24, 2.45) is 0 Å². The second-order valence-electron chi connectivity index (χ2n) is 4.68. The van der Waals surface area contributed by atoms with Crippen LogP contribution in [-0.4, -0.2) is 20.7 Å². The Morgan fingerprint density at radius 2 is 2.10 bits per heavy atom. The minimum Gasteiger partial charge on any atom is -0.334 e. The second kappa shape index (κ2) is 5.57. The molecule has 5 nitrogen and oxygen atoms in total. The van der Waals surface area contributed by atoms with E-state index in [4.69, 9.17) is 0 Å². The Balaban J connectivity index is 1.88. The largest absolute Gasteiger partial charge is 0.334 e. The first-order valence-electron chi connectivity index (χ1n) is 6.39. The molecule has 3 aromatic rings. The Hall–Kier alpha value is -1.73. The standard InChI is InChI=1S/C14H13BrN4OS/c1-8-13(15)10-5-3-4-6-11(10)19(8)7-12(20)16-14-18-17-9(2)21-14/h3-6H,7H2,1-2H3,(H,16,18,20). The summed E-state index contributed by atoms with van der Waals surface area (Å²) in [7, 11) is 0. The van der Waals surface area contributed by atoms with Crippen LogP contribution in [0.5, 0.6) is 0 Å². The summed E-state index contributed by atoms with van der Waals surface area (Å²) in [6.45, 7) is 4.09. The molecule has 0 aliphatic rings. The zero-order valence-electron chi connectivity index (χ0n) is 11.6. The molecule has 0 fully saturated rings. The highest BCUT2D eigenvalue weighted by Crippen LogP contribution is 2.30. The number of nitrogens with zero attached hydrogens (tertiary/aromatic N) is 3. The molecular formula is C14H13BrN4OS. The number of benzene rings is 1. The number of hydrogen-bond donors (Lipinski definition) is 1. The van der Waals surface area contributed by atoms with Gasteiger partial charge in [-0.2, -0.15) is 0 Å². The van der Waals surface area contributed by atoms with Crippen LogP contribution < -0.4 is 5.32 Å². The van der Waals surface area contributed by atoms with E-state index in [1.165, 1.54) is 11.3 Å². The predicted molar refractivity (Wildman–Crippen MR) is 87.7 cm³/mol. The Bertz CT molecular complexity index is 824. The lowest BCUT2D eigenvalue weighted by atomic mass is 10.2. The third kappa shape index (κ3) is 2.71. The average Bonchev–Trinajstić information content (AvgIpc) is 2.97. The number of amides is 1. The van der Waals surface area contributed by atoms with Gasteiger partial charge in [-0.3, -0.25) is 10.1 Å². The Morgan fingerprint density at radius 1 is 1.33 bits per heavy atom. The molecule has 0 radical (unpaired) electrons. The van der Waals surface area contributed by atoms with E-state index in [0.717, 1.165) is 26.1 Å². The Kier molecular flexibility index (Phi) is 3.77.